The van der Waals surface area contributed by atoms with Gasteiger partial charge in [0.15, 0.2) is 0 Å². The quantitative estimate of drug-likeness (QED) is 0.678. The molecule has 0 aliphatic rings. The molecule has 0 fully saturated rings. The van der Waals surface area contributed by atoms with Crippen LogP contribution in [-0.4, -0.2) is 11.5 Å². The Balaban J connectivity index is 2.67. The predicted octanol–water partition coefficient (Wildman–Crippen LogP) is 5.06. The number of alkyl halides is 1. The minimum absolute atomic E-state index is 0.148. The molecule has 2 heteroatoms. The third-order valence-electron chi connectivity index (χ3n) is 2.94. The van der Waals surface area contributed by atoms with Crippen molar-refractivity contribution in [1.82, 2.24) is 0 Å². The lowest BCUT2D eigenvalue weighted by atomic mass is 9.88. The average molecular weight is 269 g/mol. The van der Waals surface area contributed by atoms with Gasteiger partial charge in [-0.15, -0.1) is 11.6 Å². The van der Waals surface area contributed by atoms with E-state index in [1.807, 2.05) is 12.1 Å². The Morgan fingerprint density at radius 1 is 1.17 bits per heavy atom. The smallest absolute Gasteiger partial charge is 0.122 e. The van der Waals surface area contributed by atoms with E-state index < -0.39 is 0 Å². The molecule has 0 saturated carbocycles. The van der Waals surface area contributed by atoms with Crippen molar-refractivity contribution in [2.24, 2.45) is 5.41 Å². The summed E-state index contributed by atoms with van der Waals surface area (Å²) in [6.45, 7) is 10.6. The number of rotatable bonds is 5. The fraction of sp³-hybridized carbons (Fsp3) is 0.625. The van der Waals surface area contributed by atoms with Gasteiger partial charge in [-0.1, -0.05) is 39.0 Å². The summed E-state index contributed by atoms with van der Waals surface area (Å²) >= 11 is 6.42. The lowest BCUT2D eigenvalue weighted by Gasteiger charge is -2.25. The summed E-state index contributed by atoms with van der Waals surface area (Å²) in [5, 5.41) is 0.185. The highest BCUT2D eigenvalue weighted by Crippen LogP contribution is 2.30. The average Bonchev–Trinajstić information content (AvgIpc) is 2.25. The molecule has 1 aromatic rings. The Bertz CT molecular complexity index is 366. The van der Waals surface area contributed by atoms with Gasteiger partial charge in [0.05, 0.1) is 6.10 Å². The number of hydrogen-bond donors (Lipinski definition) is 0. The molecule has 1 unspecified atom stereocenters. The van der Waals surface area contributed by atoms with Crippen LogP contribution in [0.25, 0.3) is 0 Å². The number of halogens is 1. The van der Waals surface area contributed by atoms with E-state index >= 15 is 0 Å². The summed E-state index contributed by atoms with van der Waals surface area (Å²) < 4.78 is 5.82. The molecular weight excluding hydrogens is 244 g/mol. The molecule has 0 saturated heterocycles. The van der Waals surface area contributed by atoms with E-state index in [4.69, 9.17) is 16.3 Å². The predicted molar refractivity (Wildman–Crippen MR) is 79.6 cm³/mol. The van der Waals surface area contributed by atoms with Crippen LogP contribution in [0.15, 0.2) is 24.3 Å². The van der Waals surface area contributed by atoms with Crippen molar-refractivity contribution in [3.05, 3.63) is 29.8 Å². The number of aryl methyl sites for hydroxylation is 1. The summed E-state index contributed by atoms with van der Waals surface area (Å²) in [4.78, 5) is 0. The van der Waals surface area contributed by atoms with Crippen LogP contribution < -0.4 is 4.74 Å². The van der Waals surface area contributed by atoms with E-state index in [0.29, 0.717) is 0 Å². The van der Waals surface area contributed by atoms with Gasteiger partial charge in [0.1, 0.15) is 5.75 Å². The lowest BCUT2D eigenvalue weighted by molar-refractivity contribution is 0.239. The Morgan fingerprint density at radius 2 is 1.78 bits per heavy atom. The van der Waals surface area contributed by atoms with Gasteiger partial charge >= 0.3 is 0 Å². The van der Waals surface area contributed by atoms with Crippen LogP contribution in [0, 0.1) is 5.41 Å². The van der Waals surface area contributed by atoms with E-state index in [9.17, 15) is 0 Å². The molecule has 0 amide bonds. The molecule has 0 aliphatic heterocycles. The van der Waals surface area contributed by atoms with Crippen LogP contribution >= 0.6 is 11.6 Å². The third-order valence-corrected chi connectivity index (χ3v) is 3.81. The largest absolute Gasteiger partial charge is 0.491 e. The van der Waals surface area contributed by atoms with E-state index in [0.717, 1.165) is 18.6 Å². The fourth-order valence-electron chi connectivity index (χ4n) is 1.79. The van der Waals surface area contributed by atoms with Crippen LogP contribution in [0.4, 0.5) is 0 Å². The van der Waals surface area contributed by atoms with E-state index in [1.165, 1.54) is 5.56 Å². The van der Waals surface area contributed by atoms with E-state index in [2.05, 4.69) is 46.8 Å². The monoisotopic (exact) mass is 268 g/mol. The molecule has 1 rings (SSSR count). The van der Waals surface area contributed by atoms with Crippen molar-refractivity contribution in [2.45, 2.75) is 58.9 Å². The first-order valence-electron chi connectivity index (χ1n) is 6.69. The normalized spacial score (nSPS) is 13.7. The van der Waals surface area contributed by atoms with Gasteiger partial charge in [-0.05, 0) is 43.7 Å². The van der Waals surface area contributed by atoms with Gasteiger partial charge in [0, 0.05) is 5.38 Å². The maximum atomic E-state index is 6.42. The molecule has 0 N–H and O–H groups in total. The summed E-state index contributed by atoms with van der Waals surface area (Å²) in [5.74, 6) is 0.991. The van der Waals surface area contributed by atoms with Crippen LogP contribution in [-0.2, 0) is 6.42 Å². The van der Waals surface area contributed by atoms with Gasteiger partial charge in [-0.25, -0.2) is 0 Å². The van der Waals surface area contributed by atoms with Crippen LogP contribution in [0.3, 0.4) is 0 Å². The minimum atomic E-state index is 0.148. The summed E-state index contributed by atoms with van der Waals surface area (Å²) in [6, 6.07) is 8.24. The molecule has 1 nitrogen and oxygen atoms in total. The number of hydrogen-bond acceptors (Lipinski definition) is 1. The number of para-hydroxylation sites is 1. The highest BCUT2D eigenvalue weighted by Gasteiger charge is 2.22. The van der Waals surface area contributed by atoms with Gasteiger partial charge in [-0.2, -0.15) is 0 Å². The summed E-state index contributed by atoms with van der Waals surface area (Å²) in [7, 11) is 0. The summed E-state index contributed by atoms with van der Waals surface area (Å²) in [5.41, 5.74) is 1.40. The molecular formula is C16H25ClO. The zero-order valence-corrected chi connectivity index (χ0v) is 12.9. The molecule has 1 aromatic carbocycles. The topological polar surface area (TPSA) is 9.23 Å². The maximum absolute atomic E-state index is 6.42. The van der Waals surface area contributed by atoms with Gasteiger partial charge < -0.3 is 4.74 Å². The van der Waals surface area contributed by atoms with Crippen LogP contribution in [0.2, 0.25) is 0 Å². The molecule has 0 heterocycles. The molecule has 1 atom stereocenters. The van der Waals surface area contributed by atoms with Gasteiger partial charge in [0.25, 0.3) is 0 Å². The van der Waals surface area contributed by atoms with Crippen molar-refractivity contribution in [2.75, 3.05) is 0 Å². The SMILES string of the molecule is CC(C)Oc1ccccc1CCC(Cl)C(C)(C)C. The molecule has 18 heavy (non-hydrogen) atoms. The van der Waals surface area contributed by atoms with Gasteiger partial charge in [0.2, 0.25) is 0 Å². The lowest BCUT2D eigenvalue weighted by Crippen LogP contribution is -2.21. The first-order valence-corrected chi connectivity index (χ1v) is 7.13. The number of benzene rings is 1. The Kier molecular flexibility index (Phi) is 5.52. The van der Waals surface area contributed by atoms with Crippen molar-refractivity contribution in [3.63, 3.8) is 0 Å². The second kappa shape index (κ2) is 6.47. The van der Waals surface area contributed by atoms with E-state index in [-0.39, 0.29) is 16.9 Å². The first-order chi connectivity index (χ1) is 8.30. The molecule has 0 radical (unpaired) electrons. The van der Waals surface area contributed by atoms with Crippen molar-refractivity contribution in [1.29, 1.82) is 0 Å². The minimum Gasteiger partial charge on any atom is -0.491 e. The number of ether oxygens (including phenoxy) is 1. The zero-order chi connectivity index (χ0) is 13.8. The highest BCUT2D eigenvalue weighted by molar-refractivity contribution is 6.21. The van der Waals surface area contributed by atoms with Gasteiger partial charge in [-0.3, -0.25) is 0 Å². The highest BCUT2D eigenvalue weighted by atomic mass is 35.5. The Hall–Kier alpha value is -0.690. The van der Waals surface area contributed by atoms with Crippen molar-refractivity contribution < 1.29 is 4.74 Å². The molecule has 0 spiro atoms. The summed E-state index contributed by atoms with van der Waals surface area (Å²) in [6.07, 6.45) is 2.15. The zero-order valence-electron chi connectivity index (χ0n) is 12.2. The standard InChI is InChI=1S/C16H25ClO/c1-12(2)18-14-9-7-6-8-13(14)10-11-15(17)16(3,4)5/h6-9,12,15H,10-11H2,1-5H3. The van der Waals surface area contributed by atoms with Crippen molar-refractivity contribution >= 4 is 11.6 Å². The Morgan fingerprint density at radius 3 is 2.33 bits per heavy atom. The molecule has 0 bridgehead atoms. The van der Waals surface area contributed by atoms with Crippen LogP contribution in [0.1, 0.15) is 46.6 Å². The fourth-order valence-corrected chi connectivity index (χ4v) is 1.90. The van der Waals surface area contributed by atoms with Crippen LogP contribution in [0.5, 0.6) is 5.75 Å². The third kappa shape index (κ3) is 4.89. The second-order valence-electron chi connectivity index (χ2n) is 6.15. The first kappa shape index (κ1) is 15.4. The van der Waals surface area contributed by atoms with E-state index in [1.54, 1.807) is 0 Å². The molecule has 0 aliphatic carbocycles. The molecule has 102 valence electrons. The maximum Gasteiger partial charge on any atom is 0.122 e. The molecule has 0 aromatic heterocycles. The van der Waals surface area contributed by atoms with Crippen molar-refractivity contribution in [3.8, 4) is 5.75 Å². The Labute approximate surface area is 116 Å². The second-order valence-corrected chi connectivity index (χ2v) is 6.67.